The van der Waals surface area contributed by atoms with Crippen LogP contribution in [0.15, 0.2) is 78.0 Å². The van der Waals surface area contributed by atoms with Gasteiger partial charge in [0, 0.05) is 58.0 Å². The Kier molecular flexibility index (Phi) is 12.3. The van der Waals surface area contributed by atoms with Crippen LogP contribution in [0, 0.1) is 23.1 Å². The van der Waals surface area contributed by atoms with Crippen molar-refractivity contribution < 1.29 is 45.9 Å². The van der Waals surface area contributed by atoms with Gasteiger partial charge in [0.1, 0.15) is 53.6 Å². The summed E-state index contributed by atoms with van der Waals surface area (Å²) in [5.41, 5.74) is 0.0124. The summed E-state index contributed by atoms with van der Waals surface area (Å²) in [5, 5.41) is 12.3. The van der Waals surface area contributed by atoms with Crippen molar-refractivity contribution in [3.05, 3.63) is 106 Å². The number of piperidine rings is 2. The number of aromatic nitrogens is 3. The van der Waals surface area contributed by atoms with Gasteiger partial charge >= 0.3 is 10.2 Å². The molecule has 19 nitrogen and oxygen atoms in total. The van der Waals surface area contributed by atoms with Gasteiger partial charge in [0.15, 0.2) is 11.6 Å². The van der Waals surface area contributed by atoms with E-state index in [0.717, 1.165) is 72.5 Å². The molecule has 5 aromatic rings. The molecule has 4 amide bonds. The number of nitrogens with zero attached hydrogens (tertiary/aromatic N) is 8. The van der Waals surface area contributed by atoms with E-state index in [1.165, 1.54) is 29.1 Å². The Hall–Kier alpha value is -7.35. The maximum Gasteiger partial charge on any atom is 0.301 e. The molecule has 6 heterocycles. The van der Waals surface area contributed by atoms with Crippen molar-refractivity contribution in [2.24, 2.45) is 5.92 Å². The second kappa shape index (κ2) is 18.5. The summed E-state index contributed by atoms with van der Waals surface area (Å²) in [7, 11) is -2.14. The predicted octanol–water partition coefficient (Wildman–Crippen LogP) is 4.44. The molecule has 1 unspecified atom stereocenters. The van der Waals surface area contributed by atoms with Crippen LogP contribution in [0.3, 0.4) is 0 Å². The number of alkyl halides is 1. The topological polar surface area (TPSA) is 229 Å². The first kappa shape index (κ1) is 46.4. The van der Waals surface area contributed by atoms with E-state index < -0.39 is 68.7 Å². The molecule has 10 rings (SSSR count). The number of carbonyl (C=O) groups excluding carboxylic acids is 4. The highest BCUT2D eigenvalue weighted by atomic mass is 32.2. The number of halogens is 2. The number of amides is 4. The molecule has 22 heteroatoms. The van der Waals surface area contributed by atoms with Crippen molar-refractivity contribution in [2.45, 2.75) is 69.3 Å². The third-order valence-electron chi connectivity index (χ3n) is 13.7. The highest BCUT2D eigenvalue weighted by Gasteiger charge is 2.45. The standard InChI is InChI=1S/C48H46F2N10O9S/c1-56(30-18-33(19-30)68-31-3-5-34-35(20-31)48(65)60(47(34)64)41-9-11-43(61)54-45(41)62)24-27-12-15-57(16-13-27)42-10-2-29(23-52-42)59-26-53-39-7-4-32(21-36(39)46(59)63)69-44-37(22-51)40(8-6-38(44)50)55-70(66,67)58-17-14-28(49)25-58/h2-8,10,20-21,23,26-28,30,33,41,55H,9,11-19,24-25H2,1H3,(H,54,61,62)/t28-,30?,33?,41?/m1/s1. The number of pyridine rings is 1. The molecule has 70 heavy (non-hydrogen) atoms. The molecule has 5 aliphatic rings. The number of nitrogens with one attached hydrogen (secondary N) is 2. The molecule has 4 aliphatic heterocycles. The molecule has 2 N–H and O–H groups in total. The molecule has 0 bridgehead atoms. The number of hydrogen-bond donors (Lipinski definition) is 2. The molecule has 362 valence electrons. The second-order valence-electron chi connectivity index (χ2n) is 18.2. The fraction of sp³-hybridized carbons (Fsp3) is 0.375. The number of carbonyl (C=O) groups is 4. The number of hydrogen-bond acceptors (Lipinski definition) is 14. The molecule has 1 saturated carbocycles. The first-order chi connectivity index (χ1) is 33.6. The Balaban J connectivity index is 0.720. The number of ether oxygens (including phenoxy) is 2. The van der Waals surface area contributed by atoms with Crippen molar-refractivity contribution >= 4 is 56.2 Å². The molecule has 3 aromatic carbocycles. The summed E-state index contributed by atoms with van der Waals surface area (Å²) in [6, 6.07) is 15.8. The van der Waals surface area contributed by atoms with Crippen molar-refractivity contribution in [1.82, 2.24) is 34.0 Å². The summed E-state index contributed by atoms with van der Waals surface area (Å²) in [6.45, 7) is 2.11. The molecular weight excluding hydrogens is 931 g/mol. The van der Waals surface area contributed by atoms with Gasteiger partial charge in [0.25, 0.3) is 17.4 Å². The molecule has 4 fully saturated rings. The minimum atomic E-state index is -4.25. The van der Waals surface area contributed by atoms with Gasteiger partial charge in [-0.05, 0) is 99.3 Å². The lowest BCUT2D eigenvalue weighted by molar-refractivity contribution is -0.136. The molecular formula is C48H46F2N10O9S. The number of fused-ring (bicyclic) bond motifs is 2. The maximum atomic E-state index is 15.2. The Morgan fingerprint density at radius 3 is 2.40 bits per heavy atom. The Morgan fingerprint density at radius 1 is 0.914 bits per heavy atom. The van der Waals surface area contributed by atoms with E-state index in [-0.39, 0.29) is 66.4 Å². The lowest BCUT2D eigenvalue weighted by Crippen LogP contribution is -2.54. The van der Waals surface area contributed by atoms with Crippen molar-refractivity contribution in [3.63, 3.8) is 0 Å². The largest absolute Gasteiger partial charge is 0.490 e. The maximum absolute atomic E-state index is 15.2. The van der Waals surface area contributed by atoms with Crippen molar-refractivity contribution in [3.8, 4) is 29.0 Å². The fourth-order valence-electron chi connectivity index (χ4n) is 9.75. The monoisotopic (exact) mass is 976 g/mol. The zero-order chi connectivity index (χ0) is 49.0. The van der Waals surface area contributed by atoms with Crippen LogP contribution < -0.4 is 30.0 Å². The summed E-state index contributed by atoms with van der Waals surface area (Å²) in [6.07, 6.45) is 5.28. The highest BCUT2D eigenvalue weighted by Crippen LogP contribution is 2.37. The number of anilines is 2. The van der Waals surface area contributed by atoms with Crippen LogP contribution in [-0.2, 0) is 19.8 Å². The Labute approximate surface area is 399 Å². The van der Waals surface area contributed by atoms with Gasteiger partial charge in [-0.2, -0.15) is 18.0 Å². The van der Waals surface area contributed by atoms with Crippen LogP contribution in [0.2, 0.25) is 0 Å². The average molecular weight is 977 g/mol. The summed E-state index contributed by atoms with van der Waals surface area (Å²) >= 11 is 0. The van der Waals surface area contributed by atoms with E-state index in [1.54, 1.807) is 36.5 Å². The molecule has 1 aliphatic carbocycles. The number of imide groups is 2. The quantitative estimate of drug-likeness (QED) is 0.156. The summed E-state index contributed by atoms with van der Waals surface area (Å²) in [5.74, 6) is -2.03. The van der Waals surface area contributed by atoms with Gasteiger partial charge in [0.05, 0.1) is 39.6 Å². The zero-order valence-corrected chi connectivity index (χ0v) is 38.5. The van der Waals surface area contributed by atoms with Crippen molar-refractivity contribution in [1.29, 1.82) is 5.26 Å². The predicted molar refractivity (Wildman–Crippen MR) is 248 cm³/mol. The van der Waals surface area contributed by atoms with E-state index in [1.807, 2.05) is 6.07 Å². The Bertz CT molecular complexity index is 3170. The highest BCUT2D eigenvalue weighted by molar-refractivity contribution is 7.90. The lowest BCUT2D eigenvalue weighted by atomic mass is 9.86. The molecule has 0 radical (unpaired) electrons. The van der Waals surface area contributed by atoms with E-state index in [4.69, 9.17) is 9.47 Å². The second-order valence-corrected chi connectivity index (χ2v) is 19.9. The van der Waals surface area contributed by atoms with Gasteiger partial charge in [0.2, 0.25) is 11.8 Å². The average Bonchev–Trinajstić information content (AvgIpc) is 3.89. The zero-order valence-electron chi connectivity index (χ0n) is 37.7. The minimum Gasteiger partial charge on any atom is -0.490 e. The van der Waals surface area contributed by atoms with E-state index >= 15 is 4.39 Å². The van der Waals surface area contributed by atoms with Crippen LogP contribution >= 0.6 is 0 Å². The van der Waals surface area contributed by atoms with E-state index in [0.29, 0.717) is 28.9 Å². The molecule has 2 aromatic heterocycles. The Morgan fingerprint density at radius 2 is 1.69 bits per heavy atom. The van der Waals surface area contributed by atoms with Crippen molar-refractivity contribution in [2.75, 3.05) is 49.4 Å². The van der Waals surface area contributed by atoms with Crippen LogP contribution in [-0.4, -0.2) is 125 Å². The molecule has 2 atom stereocenters. The summed E-state index contributed by atoms with van der Waals surface area (Å²) < 4.78 is 71.3. The fourth-order valence-corrected chi connectivity index (χ4v) is 11.0. The van der Waals surface area contributed by atoms with Gasteiger partial charge in [-0.15, -0.1) is 0 Å². The van der Waals surface area contributed by atoms with Crippen LogP contribution in [0.25, 0.3) is 16.6 Å². The molecule has 3 saturated heterocycles. The SMILES string of the molecule is CN(CC1CCN(c2ccc(-n3cnc4ccc(Oc5c(F)ccc(NS(=O)(=O)N6CC[C@@H](F)C6)c5C#N)cc4c3=O)cn2)CC1)C1CC(Oc2ccc3c(c2)C(=O)N(C2CCC(=O)NC2=O)C3=O)C1. The first-order valence-corrected chi connectivity index (χ1v) is 24.4. The van der Waals surface area contributed by atoms with Gasteiger partial charge in [-0.3, -0.25) is 43.5 Å². The summed E-state index contributed by atoms with van der Waals surface area (Å²) in [4.78, 5) is 78.8. The van der Waals surface area contributed by atoms with Crippen LogP contribution in [0.5, 0.6) is 17.2 Å². The normalized spacial score (nSPS) is 22.0. The third kappa shape index (κ3) is 8.91. The number of benzene rings is 3. The molecule has 0 spiro atoms. The van der Waals surface area contributed by atoms with Crippen LogP contribution in [0.1, 0.15) is 71.2 Å². The van der Waals surface area contributed by atoms with Gasteiger partial charge in [-0.25, -0.2) is 18.7 Å². The first-order valence-electron chi connectivity index (χ1n) is 22.9. The van der Waals surface area contributed by atoms with E-state index in [2.05, 4.69) is 36.9 Å². The minimum absolute atomic E-state index is 0.0110. The third-order valence-corrected chi connectivity index (χ3v) is 15.2. The number of nitriles is 1. The number of rotatable bonds is 13. The van der Waals surface area contributed by atoms with Crippen LogP contribution in [0.4, 0.5) is 20.3 Å². The van der Waals surface area contributed by atoms with Gasteiger partial charge < -0.3 is 19.3 Å². The smallest absolute Gasteiger partial charge is 0.301 e. The van der Waals surface area contributed by atoms with Gasteiger partial charge in [-0.1, -0.05) is 0 Å². The van der Waals surface area contributed by atoms with E-state index in [9.17, 15) is 42.0 Å². The lowest BCUT2D eigenvalue weighted by Gasteiger charge is -2.43.